The Kier molecular flexibility index (Phi) is 4.46. The average Bonchev–Trinajstić information content (AvgIpc) is 2.44. The highest BCUT2D eigenvalue weighted by Gasteiger charge is 2.20. The maximum Gasteiger partial charge on any atom is 0.243 e. The van der Waals surface area contributed by atoms with Crippen LogP contribution >= 0.6 is 11.6 Å². The van der Waals surface area contributed by atoms with Crippen LogP contribution in [0.4, 0.5) is 8.78 Å². The summed E-state index contributed by atoms with van der Waals surface area (Å²) in [6.45, 7) is 0. The van der Waals surface area contributed by atoms with Gasteiger partial charge in [0.2, 0.25) is 10.0 Å². The van der Waals surface area contributed by atoms with E-state index in [0.29, 0.717) is 0 Å². The van der Waals surface area contributed by atoms with Crippen LogP contribution in [0.25, 0.3) is 0 Å². The molecule has 2 aromatic rings. The Morgan fingerprint density at radius 2 is 1.76 bits per heavy atom. The van der Waals surface area contributed by atoms with Crippen LogP contribution in [0.3, 0.4) is 0 Å². The number of ether oxygens (including phenoxy) is 1. The van der Waals surface area contributed by atoms with E-state index >= 15 is 0 Å². The molecule has 0 radical (unpaired) electrons. The van der Waals surface area contributed by atoms with E-state index in [2.05, 4.69) is 0 Å². The first-order valence-electron chi connectivity index (χ1n) is 5.69. The molecule has 1 N–H and O–H groups in total. The fourth-order valence-corrected chi connectivity index (χ4v) is 2.61. The zero-order valence-corrected chi connectivity index (χ0v) is 12.3. The van der Waals surface area contributed by atoms with Crippen molar-refractivity contribution in [3.63, 3.8) is 0 Å². The van der Waals surface area contributed by atoms with Crippen LogP contribution in [0, 0.1) is 11.6 Å². The largest absolute Gasteiger partial charge is 0.456 e. The molecule has 0 heterocycles. The van der Waals surface area contributed by atoms with Crippen molar-refractivity contribution in [3.8, 4) is 11.5 Å². The van der Waals surface area contributed by atoms with Gasteiger partial charge in [0.25, 0.3) is 0 Å². The normalized spacial score (nSPS) is 11.4. The van der Waals surface area contributed by atoms with Gasteiger partial charge >= 0.3 is 0 Å². The molecule has 0 saturated carbocycles. The molecule has 4 nitrogen and oxygen atoms in total. The molecule has 2 rings (SSSR count). The van der Waals surface area contributed by atoms with Crippen LogP contribution in [0.2, 0.25) is 5.02 Å². The third-order valence-electron chi connectivity index (χ3n) is 2.59. The molecule has 8 heteroatoms. The average molecular weight is 334 g/mol. The summed E-state index contributed by atoms with van der Waals surface area (Å²) < 4.78 is 57.1. The second-order valence-electron chi connectivity index (χ2n) is 3.98. The van der Waals surface area contributed by atoms with Crippen molar-refractivity contribution in [2.75, 3.05) is 7.05 Å². The summed E-state index contributed by atoms with van der Waals surface area (Å²) in [5, 5.41) is -0.0884. The monoisotopic (exact) mass is 333 g/mol. The molecule has 0 aliphatic heterocycles. The van der Waals surface area contributed by atoms with Crippen molar-refractivity contribution < 1.29 is 21.9 Å². The van der Waals surface area contributed by atoms with Crippen molar-refractivity contribution in [1.82, 2.24) is 4.72 Å². The highest BCUT2D eigenvalue weighted by molar-refractivity contribution is 7.89. The van der Waals surface area contributed by atoms with E-state index in [1.807, 2.05) is 4.72 Å². The molecule has 0 atom stereocenters. The summed E-state index contributed by atoms with van der Waals surface area (Å²) in [5.74, 6) is -1.29. The van der Waals surface area contributed by atoms with Gasteiger partial charge in [-0.05, 0) is 37.4 Å². The van der Waals surface area contributed by atoms with Crippen LogP contribution in [0.1, 0.15) is 0 Å². The standard InChI is InChI=1S/C13H10ClF2NO3S/c1-17-21(18,19)13-6-10(14)12(7-11(13)16)20-9-4-2-8(15)3-5-9/h2-7,17H,1H3. The van der Waals surface area contributed by atoms with E-state index in [1.165, 1.54) is 24.3 Å². The first-order valence-corrected chi connectivity index (χ1v) is 7.55. The molecular formula is C13H10ClF2NO3S. The number of nitrogens with one attached hydrogen (secondary N) is 1. The summed E-state index contributed by atoms with van der Waals surface area (Å²) in [6, 6.07) is 6.81. The molecular weight excluding hydrogens is 324 g/mol. The molecule has 0 amide bonds. The number of sulfonamides is 1. The Labute approximate surface area is 125 Å². The second-order valence-corrected chi connectivity index (χ2v) is 6.24. The summed E-state index contributed by atoms with van der Waals surface area (Å²) in [6.07, 6.45) is 0. The van der Waals surface area contributed by atoms with Gasteiger partial charge < -0.3 is 4.74 Å². The lowest BCUT2D eigenvalue weighted by atomic mass is 10.3. The number of hydrogen-bond donors (Lipinski definition) is 1. The van der Waals surface area contributed by atoms with Crippen LogP contribution in [0.5, 0.6) is 11.5 Å². The molecule has 0 fully saturated rings. The Morgan fingerprint density at radius 3 is 2.33 bits per heavy atom. The van der Waals surface area contributed by atoms with E-state index in [1.54, 1.807) is 0 Å². The van der Waals surface area contributed by atoms with E-state index in [9.17, 15) is 17.2 Å². The van der Waals surface area contributed by atoms with Gasteiger partial charge in [0, 0.05) is 6.07 Å². The first kappa shape index (κ1) is 15.7. The number of rotatable bonds is 4. The quantitative estimate of drug-likeness (QED) is 0.933. The minimum Gasteiger partial charge on any atom is -0.456 e. The summed E-state index contributed by atoms with van der Waals surface area (Å²) >= 11 is 5.89. The molecule has 0 saturated heterocycles. The van der Waals surface area contributed by atoms with Crippen molar-refractivity contribution in [1.29, 1.82) is 0 Å². The maximum absolute atomic E-state index is 13.9. The number of benzene rings is 2. The summed E-state index contributed by atoms with van der Waals surface area (Å²) in [7, 11) is -2.80. The maximum atomic E-state index is 13.9. The number of halogens is 3. The lowest BCUT2D eigenvalue weighted by Gasteiger charge is -2.10. The third kappa shape index (κ3) is 3.49. The predicted octanol–water partition coefficient (Wildman–Crippen LogP) is 3.32. The van der Waals surface area contributed by atoms with Gasteiger partial charge in [0.15, 0.2) is 0 Å². The minimum atomic E-state index is -3.96. The van der Waals surface area contributed by atoms with Gasteiger partial charge in [-0.2, -0.15) is 0 Å². The van der Waals surface area contributed by atoms with Crippen LogP contribution in [-0.2, 0) is 10.0 Å². The third-order valence-corrected chi connectivity index (χ3v) is 4.31. The molecule has 21 heavy (non-hydrogen) atoms. The Morgan fingerprint density at radius 1 is 1.14 bits per heavy atom. The molecule has 0 unspecified atom stereocenters. The van der Waals surface area contributed by atoms with Crippen molar-refractivity contribution in [3.05, 3.63) is 53.1 Å². The van der Waals surface area contributed by atoms with E-state index in [4.69, 9.17) is 16.3 Å². The molecule has 0 spiro atoms. The molecule has 0 aliphatic rings. The SMILES string of the molecule is CNS(=O)(=O)c1cc(Cl)c(Oc2ccc(F)cc2)cc1F. The smallest absolute Gasteiger partial charge is 0.243 e. The zero-order chi connectivity index (χ0) is 15.6. The topological polar surface area (TPSA) is 55.4 Å². The second kappa shape index (κ2) is 5.97. The van der Waals surface area contributed by atoms with Gasteiger partial charge in [-0.15, -0.1) is 0 Å². The minimum absolute atomic E-state index is 0.0733. The zero-order valence-electron chi connectivity index (χ0n) is 10.7. The molecule has 112 valence electrons. The highest BCUT2D eigenvalue weighted by Crippen LogP contribution is 2.33. The Balaban J connectivity index is 2.39. The predicted molar refractivity (Wildman–Crippen MR) is 74.1 cm³/mol. The van der Waals surface area contributed by atoms with E-state index < -0.39 is 26.6 Å². The fourth-order valence-electron chi connectivity index (χ4n) is 1.53. The highest BCUT2D eigenvalue weighted by atomic mass is 35.5. The number of hydrogen-bond acceptors (Lipinski definition) is 3. The van der Waals surface area contributed by atoms with Crippen molar-refractivity contribution >= 4 is 21.6 Å². The lowest BCUT2D eigenvalue weighted by Crippen LogP contribution is -2.19. The van der Waals surface area contributed by atoms with E-state index in [-0.39, 0.29) is 16.5 Å². The van der Waals surface area contributed by atoms with Gasteiger partial charge in [-0.3, -0.25) is 0 Å². The Bertz CT molecular complexity index is 764. The van der Waals surface area contributed by atoms with Gasteiger partial charge in [-0.25, -0.2) is 21.9 Å². The van der Waals surface area contributed by atoms with Crippen molar-refractivity contribution in [2.45, 2.75) is 4.90 Å². The molecule has 0 bridgehead atoms. The van der Waals surface area contributed by atoms with Crippen LogP contribution in [-0.4, -0.2) is 15.5 Å². The van der Waals surface area contributed by atoms with Gasteiger partial charge in [0.1, 0.15) is 28.0 Å². The summed E-state index contributed by atoms with van der Waals surface area (Å²) in [4.78, 5) is -0.582. The fraction of sp³-hybridized carbons (Fsp3) is 0.0769. The first-order chi connectivity index (χ1) is 9.83. The summed E-state index contributed by atoms with van der Waals surface area (Å²) in [5.41, 5.74) is 0. The van der Waals surface area contributed by atoms with E-state index in [0.717, 1.165) is 19.2 Å². The Hall–Kier alpha value is -1.70. The lowest BCUT2D eigenvalue weighted by molar-refractivity contribution is 0.471. The van der Waals surface area contributed by atoms with Gasteiger partial charge in [-0.1, -0.05) is 11.6 Å². The molecule has 2 aromatic carbocycles. The molecule has 0 aliphatic carbocycles. The molecule has 0 aromatic heterocycles. The van der Waals surface area contributed by atoms with Crippen LogP contribution in [0.15, 0.2) is 41.3 Å². The van der Waals surface area contributed by atoms with Crippen LogP contribution < -0.4 is 9.46 Å². The van der Waals surface area contributed by atoms with Crippen molar-refractivity contribution in [2.24, 2.45) is 0 Å². The van der Waals surface area contributed by atoms with Gasteiger partial charge in [0.05, 0.1) is 5.02 Å².